The normalized spacial score (nSPS) is 19.3. The Morgan fingerprint density at radius 3 is 2.53 bits per heavy atom. The first-order chi connectivity index (χ1) is 15.1. The minimum absolute atomic E-state index is 0.0584. The van der Waals surface area contributed by atoms with Gasteiger partial charge in [-0.25, -0.2) is 0 Å². The second-order valence-electron chi connectivity index (χ2n) is 8.42. The minimum atomic E-state index is -4.96. The van der Waals surface area contributed by atoms with Crippen molar-refractivity contribution in [2.45, 2.75) is 51.9 Å². The molecule has 3 aromatic rings. The average molecular weight is 448 g/mol. The number of quaternary nitrogens is 1. The molecule has 2 aromatic carbocycles. The number of aromatic hydroxyl groups is 1. The van der Waals surface area contributed by atoms with Crippen LogP contribution < -0.4 is 15.1 Å². The molecule has 0 aliphatic carbocycles. The lowest BCUT2D eigenvalue weighted by atomic mass is 10.0. The average Bonchev–Trinajstić information content (AvgIpc) is 2.74. The fraction of sp³-hybridized carbons (Fsp3) is 0.375. The first-order valence-electron chi connectivity index (χ1n) is 10.6. The molecule has 0 bridgehead atoms. The quantitative estimate of drug-likeness (QED) is 0.614. The molecule has 1 aliphatic heterocycles. The topological polar surface area (TPSA) is 64.1 Å². The van der Waals surface area contributed by atoms with Crippen LogP contribution in [0.4, 0.5) is 13.2 Å². The number of likely N-dealkylation sites (tertiary alicyclic amines) is 1. The van der Waals surface area contributed by atoms with Crippen molar-refractivity contribution >= 4 is 11.0 Å². The number of piperidine rings is 1. The van der Waals surface area contributed by atoms with Crippen LogP contribution in [0.15, 0.2) is 45.6 Å². The SMILES string of the molecule is Cc1ccc(Oc2c(C(F)(F)F)oc3c(C[NH+]4CCCCC4C)c(O)ccc3c2=O)cc1. The van der Waals surface area contributed by atoms with Crippen molar-refractivity contribution < 1.29 is 32.3 Å². The summed E-state index contributed by atoms with van der Waals surface area (Å²) in [6.45, 7) is 5.00. The van der Waals surface area contributed by atoms with Gasteiger partial charge in [0.1, 0.15) is 18.0 Å². The van der Waals surface area contributed by atoms with Gasteiger partial charge in [0.05, 0.1) is 23.5 Å². The lowest BCUT2D eigenvalue weighted by Gasteiger charge is -2.30. The van der Waals surface area contributed by atoms with Crippen molar-refractivity contribution in [1.29, 1.82) is 0 Å². The van der Waals surface area contributed by atoms with Gasteiger partial charge in [-0.3, -0.25) is 4.79 Å². The summed E-state index contributed by atoms with van der Waals surface area (Å²) in [6.07, 6.45) is -1.87. The van der Waals surface area contributed by atoms with Crippen LogP contribution in [0.25, 0.3) is 11.0 Å². The number of hydrogen-bond acceptors (Lipinski definition) is 4. The van der Waals surface area contributed by atoms with Crippen LogP contribution in [0.5, 0.6) is 17.2 Å². The maximum Gasteiger partial charge on any atom is 0.453 e. The zero-order valence-corrected chi connectivity index (χ0v) is 17.9. The Kier molecular flexibility index (Phi) is 5.90. The third-order valence-corrected chi connectivity index (χ3v) is 6.08. The summed E-state index contributed by atoms with van der Waals surface area (Å²) in [6, 6.07) is 9.21. The number of nitrogens with one attached hydrogen (secondary N) is 1. The van der Waals surface area contributed by atoms with Crippen molar-refractivity contribution in [3.63, 3.8) is 0 Å². The number of benzene rings is 2. The summed E-state index contributed by atoms with van der Waals surface area (Å²) in [5.41, 5.74) is -0.0739. The molecule has 0 saturated carbocycles. The number of aryl methyl sites for hydroxylation is 1. The molecular formula is C24H25F3NO4+. The van der Waals surface area contributed by atoms with Gasteiger partial charge in [-0.05, 0) is 57.4 Å². The second-order valence-corrected chi connectivity index (χ2v) is 8.42. The molecule has 0 spiro atoms. The Balaban J connectivity index is 1.87. The van der Waals surface area contributed by atoms with E-state index >= 15 is 0 Å². The number of hydrogen-bond donors (Lipinski definition) is 2. The highest BCUT2D eigenvalue weighted by Crippen LogP contribution is 2.39. The van der Waals surface area contributed by atoms with E-state index in [1.807, 2.05) is 6.92 Å². The molecule has 5 nitrogen and oxygen atoms in total. The number of ether oxygens (including phenoxy) is 1. The monoisotopic (exact) mass is 448 g/mol. The van der Waals surface area contributed by atoms with Crippen molar-refractivity contribution in [3.05, 3.63) is 63.5 Å². The Morgan fingerprint density at radius 1 is 1.16 bits per heavy atom. The Bertz CT molecular complexity index is 1190. The third-order valence-electron chi connectivity index (χ3n) is 6.08. The molecule has 2 atom stereocenters. The summed E-state index contributed by atoms with van der Waals surface area (Å²) >= 11 is 0. The highest BCUT2D eigenvalue weighted by atomic mass is 19.4. The van der Waals surface area contributed by atoms with E-state index in [-0.39, 0.29) is 40.6 Å². The molecule has 1 aliphatic rings. The number of halogens is 3. The van der Waals surface area contributed by atoms with Crippen molar-refractivity contribution in [3.8, 4) is 17.2 Å². The third kappa shape index (κ3) is 4.32. The maximum atomic E-state index is 13.9. The summed E-state index contributed by atoms with van der Waals surface area (Å²) in [5.74, 6) is -2.52. The second kappa shape index (κ2) is 8.50. The number of rotatable bonds is 4. The van der Waals surface area contributed by atoms with E-state index in [2.05, 4.69) is 6.92 Å². The zero-order valence-electron chi connectivity index (χ0n) is 17.9. The van der Waals surface area contributed by atoms with Crippen LogP contribution in [0, 0.1) is 6.92 Å². The standard InChI is InChI=1S/C24H24F3NO4/c1-14-6-8-16(9-7-14)31-22-20(30)17-10-11-19(29)18(13-28-12-4-3-5-15(28)2)21(17)32-23(22)24(25,26)27/h6-11,15,29H,3-5,12-13H2,1-2H3/p+1. The highest BCUT2D eigenvalue weighted by molar-refractivity contribution is 5.83. The summed E-state index contributed by atoms with van der Waals surface area (Å²) < 4.78 is 52.4. The van der Waals surface area contributed by atoms with Crippen molar-refractivity contribution in [2.75, 3.05) is 6.54 Å². The van der Waals surface area contributed by atoms with Gasteiger partial charge in [-0.15, -0.1) is 0 Å². The van der Waals surface area contributed by atoms with E-state index in [1.54, 1.807) is 12.1 Å². The number of alkyl halides is 3. The molecule has 4 rings (SSSR count). The van der Waals surface area contributed by atoms with Crippen LogP contribution in [-0.4, -0.2) is 17.7 Å². The van der Waals surface area contributed by atoms with Crippen molar-refractivity contribution in [2.24, 2.45) is 0 Å². The molecule has 32 heavy (non-hydrogen) atoms. The van der Waals surface area contributed by atoms with Crippen LogP contribution in [0.1, 0.15) is 43.1 Å². The van der Waals surface area contributed by atoms with E-state index in [0.717, 1.165) is 36.3 Å². The largest absolute Gasteiger partial charge is 0.507 e. The highest BCUT2D eigenvalue weighted by Gasteiger charge is 2.41. The first kappa shape index (κ1) is 22.2. The van der Waals surface area contributed by atoms with Gasteiger partial charge in [0.2, 0.25) is 11.2 Å². The number of phenols is 1. The molecule has 1 fully saturated rings. The fourth-order valence-corrected chi connectivity index (χ4v) is 4.20. The summed E-state index contributed by atoms with van der Waals surface area (Å²) in [5, 5.41) is 10.4. The molecule has 170 valence electrons. The van der Waals surface area contributed by atoms with Crippen LogP contribution >= 0.6 is 0 Å². The Labute approximate surface area is 183 Å². The van der Waals surface area contributed by atoms with Crippen LogP contribution in [0.3, 0.4) is 0 Å². The molecule has 8 heteroatoms. The minimum Gasteiger partial charge on any atom is -0.507 e. The summed E-state index contributed by atoms with van der Waals surface area (Å²) in [7, 11) is 0. The lowest BCUT2D eigenvalue weighted by Crippen LogP contribution is -3.14. The van der Waals surface area contributed by atoms with Gasteiger partial charge >= 0.3 is 6.18 Å². The molecule has 0 amide bonds. The van der Waals surface area contributed by atoms with Crippen molar-refractivity contribution in [1.82, 2.24) is 0 Å². The summed E-state index contributed by atoms with van der Waals surface area (Å²) in [4.78, 5) is 14.2. The predicted molar refractivity (Wildman–Crippen MR) is 113 cm³/mol. The van der Waals surface area contributed by atoms with Gasteiger partial charge in [0, 0.05) is 0 Å². The van der Waals surface area contributed by atoms with E-state index < -0.39 is 23.1 Å². The first-order valence-corrected chi connectivity index (χ1v) is 10.6. The van der Waals surface area contributed by atoms with Crippen LogP contribution in [-0.2, 0) is 12.7 Å². The smallest absolute Gasteiger partial charge is 0.453 e. The molecule has 2 heterocycles. The molecule has 2 N–H and O–H groups in total. The van der Waals surface area contributed by atoms with Gasteiger partial charge in [0.15, 0.2) is 5.58 Å². The van der Waals surface area contributed by atoms with E-state index in [4.69, 9.17) is 9.15 Å². The molecule has 1 saturated heterocycles. The molecule has 0 radical (unpaired) electrons. The molecular weight excluding hydrogens is 423 g/mol. The van der Waals surface area contributed by atoms with E-state index in [9.17, 15) is 23.1 Å². The number of fused-ring (bicyclic) bond motifs is 1. The molecule has 2 unspecified atom stereocenters. The Morgan fingerprint density at radius 2 is 1.88 bits per heavy atom. The maximum absolute atomic E-state index is 13.9. The Hall–Kier alpha value is -3.00. The van der Waals surface area contributed by atoms with Gasteiger partial charge in [-0.1, -0.05) is 17.7 Å². The van der Waals surface area contributed by atoms with E-state index in [1.165, 1.54) is 24.3 Å². The number of phenolic OH excluding ortho intramolecular Hbond substituents is 1. The lowest BCUT2D eigenvalue weighted by molar-refractivity contribution is -0.941. The van der Waals surface area contributed by atoms with Gasteiger partial charge in [0.25, 0.3) is 5.76 Å². The molecule has 1 aromatic heterocycles. The zero-order chi connectivity index (χ0) is 23.0. The van der Waals surface area contributed by atoms with Gasteiger partial charge in [-0.2, -0.15) is 13.2 Å². The van der Waals surface area contributed by atoms with Crippen LogP contribution in [0.2, 0.25) is 0 Å². The fourth-order valence-electron chi connectivity index (χ4n) is 4.20. The van der Waals surface area contributed by atoms with E-state index in [0.29, 0.717) is 0 Å². The predicted octanol–water partition coefficient (Wildman–Crippen LogP) is 4.58. The van der Waals surface area contributed by atoms with Gasteiger partial charge < -0.3 is 19.2 Å².